The minimum atomic E-state index is -3.79. The van der Waals surface area contributed by atoms with Crippen LogP contribution in [0.5, 0.6) is 5.75 Å². The van der Waals surface area contributed by atoms with Crippen molar-refractivity contribution in [3.8, 4) is 5.75 Å². The molecule has 0 aromatic heterocycles. The molecule has 0 atom stereocenters. The van der Waals surface area contributed by atoms with Crippen LogP contribution in [0.2, 0.25) is 0 Å². The van der Waals surface area contributed by atoms with Gasteiger partial charge in [0.05, 0.1) is 11.3 Å². The maximum atomic E-state index is 11.5. The van der Waals surface area contributed by atoms with Crippen molar-refractivity contribution in [2.75, 3.05) is 18.8 Å². The Morgan fingerprint density at radius 2 is 1.94 bits per heavy atom. The highest BCUT2D eigenvalue weighted by atomic mass is 32.2. The number of carboxylic acids is 1. The Morgan fingerprint density at radius 3 is 2.41 bits per heavy atom. The lowest BCUT2D eigenvalue weighted by atomic mass is 10.2. The monoisotopic (exact) mass is 260 g/mol. The Balaban J connectivity index is 3.15. The van der Waals surface area contributed by atoms with Crippen LogP contribution in [0.3, 0.4) is 0 Å². The van der Waals surface area contributed by atoms with Gasteiger partial charge in [0.25, 0.3) is 0 Å². The minimum absolute atomic E-state index is 0.126. The summed E-state index contributed by atoms with van der Waals surface area (Å²) in [5, 5.41) is 18.2. The zero-order chi connectivity index (χ0) is 13.2. The molecular formula is C9H12N2O5S. The van der Waals surface area contributed by atoms with Crippen LogP contribution in [-0.4, -0.2) is 43.0 Å². The normalized spacial score (nSPS) is 11.5. The minimum Gasteiger partial charge on any atom is -0.506 e. The van der Waals surface area contributed by atoms with Gasteiger partial charge in [0.15, 0.2) is 0 Å². The topological polar surface area (TPSA) is 107 Å². The van der Waals surface area contributed by atoms with E-state index in [2.05, 4.69) is 4.72 Å². The smallest absolute Gasteiger partial charge is 0.335 e. The number of nitrogens with one attached hydrogen (secondary N) is 1. The van der Waals surface area contributed by atoms with Gasteiger partial charge in [0, 0.05) is 14.1 Å². The van der Waals surface area contributed by atoms with E-state index in [1.807, 2.05) is 0 Å². The van der Waals surface area contributed by atoms with E-state index in [-0.39, 0.29) is 17.0 Å². The molecule has 0 aliphatic heterocycles. The van der Waals surface area contributed by atoms with Crippen molar-refractivity contribution >= 4 is 21.9 Å². The number of hydrogen-bond donors (Lipinski definition) is 3. The molecule has 94 valence electrons. The van der Waals surface area contributed by atoms with Gasteiger partial charge in [-0.3, -0.25) is 4.72 Å². The average molecular weight is 260 g/mol. The fourth-order valence-electron chi connectivity index (χ4n) is 0.981. The van der Waals surface area contributed by atoms with Gasteiger partial charge in [-0.05, 0) is 18.2 Å². The molecule has 0 spiro atoms. The van der Waals surface area contributed by atoms with E-state index < -0.39 is 16.2 Å². The summed E-state index contributed by atoms with van der Waals surface area (Å²) in [4.78, 5) is 10.7. The summed E-state index contributed by atoms with van der Waals surface area (Å²) >= 11 is 0. The van der Waals surface area contributed by atoms with Crippen LogP contribution >= 0.6 is 0 Å². The lowest BCUT2D eigenvalue weighted by Crippen LogP contribution is -2.29. The molecule has 17 heavy (non-hydrogen) atoms. The molecule has 1 aromatic carbocycles. The van der Waals surface area contributed by atoms with E-state index >= 15 is 0 Å². The molecule has 0 aliphatic carbocycles. The number of phenolic OH excluding ortho intramolecular Hbond substituents is 1. The first-order valence-corrected chi connectivity index (χ1v) is 5.94. The predicted octanol–water partition coefficient (Wildman–Crippen LogP) is 0.309. The van der Waals surface area contributed by atoms with Crippen LogP contribution in [0.1, 0.15) is 10.4 Å². The second kappa shape index (κ2) is 4.60. The van der Waals surface area contributed by atoms with Crippen LogP contribution in [0.4, 0.5) is 5.69 Å². The molecule has 7 nitrogen and oxygen atoms in total. The lowest BCUT2D eigenvalue weighted by molar-refractivity contribution is 0.0697. The quantitative estimate of drug-likeness (QED) is 0.675. The molecule has 0 radical (unpaired) electrons. The van der Waals surface area contributed by atoms with Crippen molar-refractivity contribution in [2.24, 2.45) is 0 Å². The molecule has 0 unspecified atom stereocenters. The number of rotatable bonds is 4. The molecule has 8 heteroatoms. The fraction of sp³-hybridized carbons (Fsp3) is 0.222. The average Bonchev–Trinajstić information content (AvgIpc) is 2.20. The van der Waals surface area contributed by atoms with E-state index in [0.717, 1.165) is 16.4 Å². The number of phenols is 1. The van der Waals surface area contributed by atoms with Gasteiger partial charge >= 0.3 is 16.2 Å². The maximum absolute atomic E-state index is 11.5. The van der Waals surface area contributed by atoms with Crippen LogP contribution < -0.4 is 4.72 Å². The van der Waals surface area contributed by atoms with Crippen molar-refractivity contribution in [1.29, 1.82) is 0 Å². The Morgan fingerprint density at radius 1 is 1.35 bits per heavy atom. The summed E-state index contributed by atoms with van der Waals surface area (Å²) in [5.74, 6) is -1.56. The van der Waals surface area contributed by atoms with Crippen LogP contribution in [0, 0.1) is 0 Å². The van der Waals surface area contributed by atoms with Gasteiger partial charge in [-0.2, -0.15) is 12.7 Å². The number of aromatic hydroxyl groups is 1. The maximum Gasteiger partial charge on any atom is 0.335 e. The van der Waals surface area contributed by atoms with Crippen LogP contribution in [0.25, 0.3) is 0 Å². The standard InChI is InChI=1S/C9H12N2O5S/c1-11(2)17(15,16)10-7-5-6(9(13)14)3-4-8(7)12/h3-5,10,12H,1-2H3,(H,13,14). The van der Waals surface area contributed by atoms with Gasteiger partial charge in [-0.15, -0.1) is 0 Å². The second-order valence-corrected chi connectivity index (χ2v) is 5.31. The summed E-state index contributed by atoms with van der Waals surface area (Å²) in [6.45, 7) is 0. The summed E-state index contributed by atoms with van der Waals surface area (Å²) in [6.07, 6.45) is 0. The van der Waals surface area contributed by atoms with E-state index in [0.29, 0.717) is 0 Å². The van der Waals surface area contributed by atoms with Crippen molar-refractivity contribution in [1.82, 2.24) is 4.31 Å². The van der Waals surface area contributed by atoms with E-state index in [1.54, 1.807) is 0 Å². The number of carbonyl (C=O) groups is 1. The summed E-state index contributed by atoms with van der Waals surface area (Å²) in [7, 11) is -1.17. The molecule has 0 saturated carbocycles. The Bertz CT molecular complexity index is 538. The van der Waals surface area contributed by atoms with Crippen molar-refractivity contribution in [3.05, 3.63) is 23.8 Å². The molecule has 0 aliphatic rings. The number of carboxylic acid groups (broad SMARTS) is 1. The molecule has 0 amide bonds. The lowest BCUT2D eigenvalue weighted by Gasteiger charge is -2.14. The van der Waals surface area contributed by atoms with Crippen molar-refractivity contribution in [2.45, 2.75) is 0 Å². The number of benzene rings is 1. The molecule has 1 aromatic rings. The third kappa shape index (κ3) is 3.08. The first-order chi connectivity index (χ1) is 7.74. The number of anilines is 1. The number of hydrogen-bond acceptors (Lipinski definition) is 4. The number of nitrogens with zero attached hydrogens (tertiary/aromatic N) is 1. The highest BCUT2D eigenvalue weighted by Gasteiger charge is 2.16. The van der Waals surface area contributed by atoms with Gasteiger partial charge < -0.3 is 10.2 Å². The van der Waals surface area contributed by atoms with E-state index in [4.69, 9.17) is 5.11 Å². The van der Waals surface area contributed by atoms with Gasteiger partial charge in [0.1, 0.15) is 5.75 Å². The Labute approximate surface area is 98.5 Å². The highest BCUT2D eigenvalue weighted by Crippen LogP contribution is 2.25. The predicted molar refractivity (Wildman–Crippen MR) is 61.3 cm³/mol. The SMILES string of the molecule is CN(C)S(=O)(=O)Nc1cc(C(=O)O)ccc1O. The molecule has 0 fully saturated rings. The largest absolute Gasteiger partial charge is 0.506 e. The Kier molecular flexibility index (Phi) is 3.59. The zero-order valence-corrected chi connectivity index (χ0v) is 10.0. The zero-order valence-electron chi connectivity index (χ0n) is 9.21. The fourth-order valence-corrected chi connectivity index (χ4v) is 1.61. The molecular weight excluding hydrogens is 248 g/mol. The molecule has 0 bridgehead atoms. The first-order valence-electron chi connectivity index (χ1n) is 4.50. The molecule has 1 rings (SSSR count). The first kappa shape index (κ1) is 13.3. The van der Waals surface area contributed by atoms with E-state index in [1.165, 1.54) is 20.2 Å². The number of aromatic carboxylic acids is 1. The van der Waals surface area contributed by atoms with Crippen LogP contribution in [0.15, 0.2) is 18.2 Å². The van der Waals surface area contributed by atoms with Gasteiger partial charge in [-0.1, -0.05) is 0 Å². The molecule has 0 heterocycles. The second-order valence-electron chi connectivity index (χ2n) is 3.43. The highest BCUT2D eigenvalue weighted by molar-refractivity contribution is 7.90. The third-order valence-electron chi connectivity index (χ3n) is 1.96. The van der Waals surface area contributed by atoms with Gasteiger partial charge in [-0.25, -0.2) is 4.79 Å². The van der Waals surface area contributed by atoms with Crippen molar-refractivity contribution in [3.63, 3.8) is 0 Å². The summed E-state index contributed by atoms with van der Waals surface area (Å²) < 4.78 is 25.9. The van der Waals surface area contributed by atoms with Gasteiger partial charge in [0.2, 0.25) is 0 Å². The molecule has 0 saturated heterocycles. The summed E-state index contributed by atoms with van der Waals surface area (Å²) in [5.41, 5.74) is -0.308. The van der Waals surface area contributed by atoms with Crippen molar-refractivity contribution < 1.29 is 23.4 Å². The Hall–Kier alpha value is -1.80. The summed E-state index contributed by atoms with van der Waals surface area (Å²) in [6, 6.07) is 3.32. The third-order valence-corrected chi connectivity index (χ3v) is 3.40. The van der Waals surface area contributed by atoms with Crippen LogP contribution in [-0.2, 0) is 10.2 Å². The van der Waals surface area contributed by atoms with E-state index in [9.17, 15) is 18.3 Å². The molecule has 3 N–H and O–H groups in total.